The van der Waals surface area contributed by atoms with Crippen LogP contribution in [0.1, 0.15) is 10.4 Å². The predicted molar refractivity (Wildman–Crippen MR) is 101 cm³/mol. The van der Waals surface area contributed by atoms with Gasteiger partial charge in [-0.1, -0.05) is 12.1 Å². The molecule has 0 atom stereocenters. The van der Waals surface area contributed by atoms with Crippen molar-refractivity contribution in [1.29, 1.82) is 0 Å². The van der Waals surface area contributed by atoms with E-state index in [9.17, 15) is 14.0 Å². The Balaban J connectivity index is 1.56. The van der Waals surface area contributed by atoms with E-state index in [0.717, 1.165) is 0 Å². The number of halogens is 1. The molecule has 0 unspecified atom stereocenters. The minimum atomic E-state index is -0.451. The first kappa shape index (κ1) is 18.8. The predicted octanol–water partition coefficient (Wildman–Crippen LogP) is 1.34. The quantitative estimate of drug-likeness (QED) is 0.830. The van der Waals surface area contributed by atoms with Crippen LogP contribution in [0.15, 0.2) is 42.6 Å². The van der Waals surface area contributed by atoms with Crippen LogP contribution in [0.5, 0.6) is 0 Å². The lowest BCUT2D eigenvalue weighted by molar-refractivity contribution is -0.117. The van der Waals surface area contributed by atoms with Crippen molar-refractivity contribution in [3.8, 4) is 0 Å². The number of piperazine rings is 1. The Labute approximate surface area is 157 Å². The number of carbonyl (C=O) groups is 2. The molecule has 1 aromatic heterocycles. The van der Waals surface area contributed by atoms with Gasteiger partial charge in [-0.05, 0) is 24.3 Å². The van der Waals surface area contributed by atoms with Crippen LogP contribution in [0, 0.1) is 5.82 Å². The third kappa shape index (κ3) is 4.59. The van der Waals surface area contributed by atoms with E-state index in [-0.39, 0.29) is 24.0 Å². The van der Waals surface area contributed by atoms with E-state index in [2.05, 4.69) is 15.6 Å². The van der Waals surface area contributed by atoms with Gasteiger partial charge in [0.1, 0.15) is 11.6 Å². The Kier molecular flexibility index (Phi) is 5.97. The molecule has 0 saturated carbocycles. The summed E-state index contributed by atoms with van der Waals surface area (Å²) >= 11 is 0. The molecule has 2 N–H and O–H groups in total. The minimum absolute atomic E-state index is 0.176. The number of hydrogen-bond acceptors (Lipinski definition) is 5. The molecule has 0 bridgehead atoms. The van der Waals surface area contributed by atoms with E-state index in [0.29, 0.717) is 37.6 Å². The van der Waals surface area contributed by atoms with Crippen LogP contribution in [0.2, 0.25) is 0 Å². The highest BCUT2D eigenvalue weighted by atomic mass is 19.1. The number of benzene rings is 1. The van der Waals surface area contributed by atoms with E-state index >= 15 is 0 Å². The van der Waals surface area contributed by atoms with Gasteiger partial charge in [0.2, 0.25) is 5.91 Å². The van der Waals surface area contributed by atoms with Gasteiger partial charge >= 0.3 is 0 Å². The monoisotopic (exact) mass is 371 g/mol. The smallest absolute Gasteiger partial charge is 0.254 e. The number of rotatable bonds is 5. The molecule has 2 amide bonds. The van der Waals surface area contributed by atoms with Crippen molar-refractivity contribution in [3.05, 3.63) is 54.0 Å². The molecule has 2 aromatic rings. The van der Waals surface area contributed by atoms with Gasteiger partial charge in [-0.15, -0.1) is 0 Å². The van der Waals surface area contributed by atoms with E-state index in [1.54, 1.807) is 37.5 Å². The summed E-state index contributed by atoms with van der Waals surface area (Å²) in [5, 5.41) is 5.22. The van der Waals surface area contributed by atoms with E-state index < -0.39 is 5.82 Å². The van der Waals surface area contributed by atoms with Crippen LogP contribution in [-0.2, 0) is 4.79 Å². The zero-order valence-electron chi connectivity index (χ0n) is 15.1. The van der Waals surface area contributed by atoms with Gasteiger partial charge in [-0.2, -0.15) is 0 Å². The third-order valence-corrected chi connectivity index (χ3v) is 4.45. The maximum absolute atomic E-state index is 13.6. The number of pyridine rings is 1. The van der Waals surface area contributed by atoms with Crippen LogP contribution in [-0.4, -0.2) is 61.5 Å². The number of para-hydroxylation sites is 1. The van der Waals surface area contributed by atoms with E-state index in [1.807, 2.05) is 9.80 Å². The van der Waals surface area contributed by atoms with Gasteiger partial charge in [0, 0.05) is 39.4 Å². The highest BCUT2D eigenvalue weighted by Crippen LogP contribution is 2.19. The molecule has 1 aliphatic rings. The zero-order valence-corrected chi connectivity index (χ0v) is 15.1. The van der Waals surface area contributed by atoms with E-state index in [4.69, 9.17) is 0 Å². The van der Waals surface area contributed by atoms with Crippen molar-refractivity contribution in [2.45, 2.75) is 0 Å². The molecule has 2 heterocycles. The van der Waals surface area contributed by atoms with Crippen molar-refractivity contribution in [2.75, 3.05) is 50.0 Å². The van der Waals surface area contributed by atoms with Crippen molar-refractivity contribution < 1.29 is 14.0 Å². The van der Waals surface area contributed by atoms with Crippen molar-refractivity contribution in [1.82, 2.24) is 15.2 Å². The van der Waals surface area contributed by atoms with Gasteiger partial charge in [-0.25, -0.2) is 9.37 Å². The lowest BCUT2D eigenvalue weighted by Crippen LogP contribution is -2.49. The van der Waals surface area contributed by atoms with Crippen LogP contribution in [0.3, 0.4) is 0 Å². The lowest BCUT2D eigenvalue weighted by atomic mass is 10.2. The first-order chi connectivity index (χ1) is 13.1. The molecule has 1 saturated heterocycles. The molecule has 1 aliphatic heterocycles. The van der Waals surface area contributed by atoms with Gasteiger partial charge in [-0.3, -0.25) is 14.5 Å². The molecule has 0 spiro atoms. The second kappa shape index (κ2) is 8.59. The number of carbonyl (C=O) groups excluding carboxylic acids is 2. The summed E-state index contributed by atoms with van der Waals surface area (Å²) in [5.74, 6) is -0.234. The molecular weight excluding hydrogens is 349 g/mol. The maximum atomic E-state index is 13.6. The van der Waals surface area contributed by atoms with Crippen molar-refractivity contribution in [2.24, 2.45) is 0 Å². The maximum Gasteiger partial charge on any atom is 0.254 e. The summed E-state index contributed by atoms with van der Waals surface area (Å²) in [4.78, 5) is 32.6. The number of hydrogen-bond donors (Lipinski definition) is 2. The fourth-order valence-corrected chi connectivity index (χ4v) is 3.03. The van der Waals surface area contributed by atoms with Crippen LogP contribution < -0.4 is 15.5 Å². The summed E-state index contributed by atoms with van der Waals surface area (Å²) in [7, 11) is 1.59. The Morgan fingerprint density at radius 2 is 1.85 bits per heavy atom. The molecule has 27 heavy (non-hydrogen) atoms. The Hall–Kier alpha value is -3.00. The number of nitrogens with zero attached hydrogens (tertiary/aromatic N) is 3. The highest BCUT2D eigenvalue weighted by Gasteiger charge is 2.23. The fraction of sp³-hybridized carbons (Fsp3) is 0.316. The summed E-state index contributed by atoms with van der Waals surface area (Å²) in [6.07, 6.45) is 1.66. The fourth-order valence-electron chi connectivity index (χ4n) is 3.03. The highest BCUT2D eigenvalue weighted by molar-refractivity contribution is 5.98. The average Bonchev–Trinajstić information content (AvgIpc) is 2.70. The Morgan fingerprint density at radius 1 is 1.11 bits per heavy atom. The van der Waals surface area contributed by atoms with Crippen molar-refractivity contribution >= 4 is 23.3 Å². The molecule has 0 radical (unpaired) electrons. The normalized spacial score (nSPS) is 14.7. The molecular formula is C19H22FN5O2. The number of nitrogens with one attached hydrogen (secondary N) is 2. The molecule has 142 valence electrons. The summed E-state index contributed by atoms with van der Waals surface area (Å²) in [6, 6.07) is 9.58. The minimum Gasteiger partial charge on any atom is -0.355 e. The van der Waals surface area contributed by atoms with E-state index in [1.165, 1.54) is 12.1 Å². The number of amides is 2. The molecule has 8 heteroatoms. The second-order valence-corrected chi connectivity index (χ2v) is 6.24. The van der Waals surface area contributed by atoms with Gasteiger partial charge in [0.15, 0.2) is 0 Å². The van der Waals surface area contributed by atoms with Crippen molar-refractivity contribution in [3.63, 3.8) is 0 Å². The van der Waals surface area contributed by atoms with Crippen LogP contribution >= 0.6 is 0 Å². The topological polar surface area (TPSA) is 77.6 Å². The van der Waals surface area contributed by atoms with Gasteiger partial charge in [0.25, 0.3) is 5.91 Å². The summed E-state index contributed by atoms with van der Waals surface area (Å²) in [6.45, 7) is 2.78. The first-order valence-corrected chi connectivity index (χ1v) is 8.77. The van der Waals surface area contributed by atoms with Crippen LogP contribution in [0.4, 0.5) is 15.9 Å². The molecule has 0 aliphatic carbocycles. The number of aromatic nitrogens is 1. The third-order valence-electron chi connectivity index (χ3n) is 4.45. The SMILES string of the molecule is CNC(=O)c1cccnc1N1CCN(CC(=O)Nc2ccccc2F)CC1. The molecule has 3 rings (SSSR count). The lowest BCUT2D eigenvalue weighted by Gasteiger charge is -2.35. The van der Waals surface area contributed by atoms with Gasteiger partial charge < -0.3 is 15.5 Å². The van der Waals surface area contributed by atoms with Gasteiger partial charge in [0.05, 0.1) is 17.8 Å². The Morgan fingerprint density at radius 3 is 2.56 bits per heavy atom. The Bertz CT molecular complexity index is 821. The summed E-state index contributed by atoms with van der Waals surface area (Å²) in [5.41, 5.74) is 0.718. The summed E-state index contributed by atoms with van der Waals surface area (Å²) < 4.78 is 13.6. The standard InChI is InChI=1S/C19H22FN5O2/c1-21-19(27)14-5-4-8-22-18(14)25-11-9-24(10-12-25)13-17(26)23-16-7-3-2-6-15(16)20/h2-8H,9-13H2,1H3,(H,21,27)(H,23,26). The van der Waals surface area contributed by atoms with Crippen LogP contribution in [0.25, 0.3) is 0 Å². The number of anilines is 2. The average molecular weight is 371 g/mol. The molecule has 1 aromatic carbocycles. The molecule has 1 fully saturated rings. The largest absolute Gasteiger partial charge is 0.355 e. The molecule has 7 nitrogen and oxygen atoms in total. The zero-order chi connectivity index (χ0) is 19.2. The second-order valence-electron chi connectivity index (χ2n) is 6.24. The first-order valence-electron chi connectivity index (χ1n) is 8.77.